The van der Waals surface area contributed by atoms with Crippen LogP contribution >= 0.6 is 23.2 Å². The number of ether oxygens (including phenoxy) is 2. The fourth-order valence-corrected chi connectivity index (χ4v) is 1.76. The Morgan fingerprint density at radius 3 is 1.78 bits per heavy atom. The summed E-state index contributed by atoms with van der Waals surface area (Å²) in [6, 6.07) is 5.25. The molecule has 1 aromatic carbocycles. The average Bonchev–Trinajstić information content (AvgIpc) is 2.37. The van der Waals surface area contributed by atoms with Crippen LogP contribution in [-0.2, 0) is 0 Å². The van der Waals surface area contributed by atoms with Crippen molar-refractivity contribution >= 4 is 23.2 Å². The summed E-state index contributed by atoms with van der Waals surface area (Å²) in [5.74, 6) is 1.60. The summed E-state index contributed by atoms with van der Waals surface area (Å²) in [6.07, 6.45) is 0. The van der Waals surface area contributed by atoms with Gasteiger partial charge in [-0.3, -0.25) is 0 Å². The molecule has 0 aliphatic heterocycles. The monoisotopic (exact) mass is 285 g/mol. The van der Waals surface area contributed by atoms with Crippen LogP contribution in [0.25, 0.3) is 11.4 Å². The lowest BCUT2D eigenvalue weighted by Gasteiger charge is -2.07. The first-order valence-electron chi connectivity index (χ1n) is 4.93. The summed E-state index contributed by atoms with van der Waals surface area (Å²) in [6.45, 7) is 0. The van der Waals surface area contributed by atoms with E-state index in [9.17, 15) is 0 Å². The van der Waals surface area contributed by atoms with E-state index in [0.29, 0.717) is 22.9 Å². The predicted molar refractivity (Wildman–Crippen MR) is 68.4 cm³/mol. The molecule has 0 N–H and O–H groups in total. The van der Waals surface area contributed by atoms with Crippen molar-refractivity contribution in [3.63, 3.8) is 0 Å². The summed E-state index contributed by atoms with van der Waals surface area (Å²) >= 11 is 11.5. The molecule has 2 aromatic rings. The molecule has 5 nitrogen and oxygen atoms in total. The van der Waals surface area contributed by atoms with Crippen LogP contribution < -0.4 is 9.47 Å². The van der Waals surface area contributed by atoms with E-state index < -0.39 is 0 Å². The van der Waals surface area contributed by atoms with Crippen LogP contribution in [-0.4, -0.2) is 29.2 Å². The van der Waals surface area contributed by atoms with E-state index in [4.69, 9.17) is 32.7 Å². The van der Waals surface area contributed by atoms with Crippen molar-refractivity contribution in [2.45, 2.75) is 0 Å². The summed E-state index contributed by atoms with van der Waals surface area (Å²) < 4.78 is 10.3. The van der Waals surface area contributed by atoms with Gasteiger partial charge in [0.05, 0.1) is 14.2 Å². The van der Waals surface area contributed by atoms with Gasteiger partial charge in [-0.1, -0.05) is 0 Å². The topological polar surface area (TPSA) is 57.1 Å². The molecule has 0 amide bonds. The first-order valence-corrected chi connectivity index (χ1v) is 5.68. The maximum absolute atomic E-state index is 5.74. The van der Waals surface area contributed by atoms with E-state index in [1.54, 1.807) is 32.4 Å². The molecule has 0 spiro atoms. The van der Waals surface area contributed by atoms with Crippen molar-refractivity contribution in [1.29, 1.82) is 0 Å². The van der Waals surface area contributed by atoms with Gasteiger partial charge in [-0.25, -0.2) is 0 Å². The zero-order valence-corrected chi connectivity index (χ0v) is 11.2. The molecule has 0 saturated carbocycles. The fraction of sp³-hybridized carbons (Fsp3) is 0.182. The van der Waals surface area contributed by atoms with E-state index in [1.807, 2.05) is 0 Å². The molecule has 94 valence electrons. The molecule has 18 heavy (non-hydrogen) atoms. The van der Waals surface area contributed by atoms with Gasteiger partial charge >= 0.3 is 0 Å². The average molecular weight is 286 g/mol. The lowest BCUT2D eigenvalue weighted by molar-refractivity contribution is 0.394. The van der Waals surface area contributed by atoms with Crippen molar-refractivity contribution in [3.05, 3.63) is 28.8 Å². The smallest absolute Gasteiger partial charge is 0.227 e. The second-order valence-corrected chi connectivity index (χ2v) is 3.97. The van der Waals surface area contributed by atoms with Gasteiger partial charge in [-0.15, -0.1) is 0 Å². The Labute approximate surface area is 114 Å². The van der Waals surface area contributed by atoms with E-state index >= 15 is 0 Å². The number of methoxy groups -OCH3 is 2. The van der Waals surface area contributed by atoms with Crippen LogP contribution in [0.2, 0.25) is 10.6 Å². The van der Waals surface area contributed by atoms with Gasteiger partial charge in [0.1, 0.15) is 11.5 Å². The van der Waals surface area contributed by atoms with Crippen molar-refractivity contribution in [1.82, 2.24) is 15.0 Å². The van der Waals surface area contributed by atoms with E-state index in [2.05, 4.69) is 15.0 Å². The highest BCUT2D eigenvalue weighted by molar-refractivity contribution is 6.31. The molecule has 0 saturated heterocycles. The minimum absolute atomic E-state index is 0.0341. The minimum Gasteiger partial charge on any atom is -0.497 e. The predicted octanol–water partition coefficient (Wildman–Crippen LogP) is 2.86. The first kappa shape index (κ1) is 12.9. The molecule has 0 radical (unpaired) electrons. The Bertz CT molecular complexity index is 536. The van der Waals surface area contributed by atoms with E-state index in [-0.39, 0.29) is 10.6 Å². The number of aromatic nitrogens is 3. The Hall–Kier alpha value is -1.59. The lowest BCUT2D eigenvalue weighted by Crippen LogP contribution is -1.95. The molecule has 2 rings (SSSR count). The number of hydrogen-bond acceptors (Lipinski definition) is 5. The highest BCUT2D eigenvalue weighted by Crippen LogP contribution is 2.28. The largest absolute Gasteiger partial charge is 0.497 e. The minimum atomic E-state index is 0.0341. The van der Waals surface area contributed by atoms with Crippen molar-refractivity contribution in [2.24, 2.45) is 0 Å². The van der Waals surface area contributed by atoms with Crippen LogP contribution in [0.4, 0.5) is 0 Å². The van der Waals surface area contributed by atoms with Gasteiger partial charge in [-0.2, -0.15) is 15.0 Å². The molecule has 1 aromatic heterocycles. The molecule has 0 aliphatic carbocycles. The number of benzene rings is 1. The van der Waals surface area contributed by atoms with Gasteiger partial charge in [-0.05, 0) is 35.3 Å². The number of rotatable bonds is 3. The van der Waals surface area contributed by atoms with Crippen molar-refractivity contribution in [3.8, 4) is 22.9 Å². The van der Waals surface area contributed by atoms with E-state index in [0.717, 1.165) is 0 Å². The highest BCUT2D eigenvalue weighted by Gasteiger charge is 2.09. The van der Waals surface area contributed by atoms with Gasteiger partial charge in [0.2, 0.25) is 10.6 Å². The summed E-state index contributed by atoms with van der Waals surface area (Å²) in [7, 11) is 3.12. The van der Waals surface area contributed by atoms with Crippen LogP contribution in [0.5, 0.6) is 11.5 Å². The Balaban J connectivity index is 2.55. The zero-order chi connectivity index (χ0) is 13.1. The summed E-state index contributed by atoms with van der Waals surface area (Å²) in [4.78, 5) is 11.7. The zero-order valence-electron chi connectivity index (χ0n) is 9.65. The molecule has 7 heteroatoms. The van der Waals surface area contributed by atoms with Gasteiger partial charge in [0, 0.05) is 11.6 Å². The SMILES string of the molecule is COc1cc(OC)cc(-c2nc(Cl)nc(Cl)n2)c1. The van der Waals surface area contributed by atoms with Gasteiger partial charge in [0.15, 0.2) is 5.82 Å². The Morgan fingerprint density at radius 1 is 0.833 bits per heavy atom. The second kappa shape index (κ2) is 5.37. The summed E-state index contributed by atoms with van der Waals surface area (Å²) in [5, 5.41) is 0.0681. The molecule has 0 aliphatic rings. The third-order valence-electron chi connectivity index (χ3n) is 2.19. The van der Waals surface area contributed by atoms with Crippen LogP contribution in [0.3, 0.4) is 0 Å². The second-order valence-electron chi connectivity index (χ2n) is 3.30. The quantitative estimate of drug-likeness (QED) is 0.868. The first-order chi connectivity index (χ1) is 8.62. The Kier molecular flexibility index (Phi) is 3.84. The maximum Gasteiger partial charge on any atom is 0.227 e. The molecule has 0 fully saturated rings. The molecule has 0 atom stereocenters. The lowest BCUT2D eigenvalue weighted by atomic mass is 10.2. The molecule has 0 unspecified atom stereocenters. The molecule has 0 bridgehead atoms. The molecular weight excluding hydrogens is 277 g/mol. The molecular formula is C11H9Cl2N3O2. The normalized spacial score (nSPS) is 10.2. The van der Waals surface area contributed by atoms with Gasteiger partial charge < -0.3 is 9.47 Å². The van der Waals surface area contributed by atoms with E-state index in [1.165, 1.54) is 0 Å². The van der Waals surface area contributed by atoms with Crippen LogP contribution in [0, 0.1) is 0 Å². The van der Waals surface area contributed by atoms with Crippen LogP contribution in [0.15, 0.2) is 18.2 Å². The van der Waals surface area contributed by atoms with Crippen LogP contribution in [0.1, 0.15) is 0 Å². The summed E-state index contributed by atoms with van der Waals surface area (Å²) in [5.41, 5.74) is 0.678. The Morgan fingerprint density at radius 2 is 1.33 bits per heavy atom. The van der Waals surface area contributed by atoms with Crippen molar-refractivity contribution in [2.75, 3.05) is 14.2 Å². The standard InChI is InChI=1S/C11H9Cl2N3O2/c1-17-7-3-6(4-8(5-7)18-2)9-14-10(12)16-11(13)15-9/h3-5H,1-2H3. The third kappa shape index (κ3) is 2.80. The number of nitrogens with zero attached hydrogens (tertiary/aromatic N) is 3. The molecule has 1 heterocycles. The maximum atomic E-state index is 5.74. The van der Waals surface area contributed by atoms with Gasteiger partial charge in [0.25, 0.3) is 0 Å². The third-order valence-corrected chi connectivity index (χ3v) is 2.53. The number of halogens is 2. The number of hydrogen-bond donors (Lipinski definition) is 0. The fourth-order valence-electron chi connectivity index (χ4n) is 1.39. The van der Waals surface area contributed by atoms with Crippen molar-refractivity contribution < 1.29 is 9.47 Å². The highest BCUT2D eigenvalue weighted by atomic mass is 35.5.